The normalized spacial score (nSPS) is 9.89. The molecule has 0 bridgehead atoms. The van der Waals surface area contributed by atoms with Gasteiger partial charge >= 0.3 is 0 Å². The van der Waals surface area contributed by atoms with Crippen molar-refractivity contribution in [2.45, 2.75) is 19.8 Å². The topological polar surface area (TPSA) is 24.4 Å². The molecular weight excluding hydrogens is 112 g/mol. The molecule has 2 nitrogen and oxygen atoms in total. The van der Waals surface area contributed by atoms with E-state index in [0.717, 1.165) is 6.54 Å². The zero-order valence-electron chi connectivity index (χ0n) is 5.93. The van der Waals surface area contributed by atoms with Gasteiger partial charge in [-0.3, -0.25) is 0 Å². The number of nitrogens with zero attached hydrogens (tertiary/aromatic N) is 1. The first kappa shape index (κ1) is 8.21. The Bertz CT molecular complexity index is 86.9. The van der Waals surface area contributed by atoms with E-state index in [-0.39, 0.29) is 0 Å². The lowest BCUT2D eigenvalue weighted by Crippen LogP contribution is -2.06. The molecule has 0 radical (unpaired) electrons. The van der Waals surface area contributed by atoms with Crippen molar-refractivity contribution in [1.82, 2.24) is 5.43 Å². The number of hydrazone groups is 1. The molecule has 0 aliphatic rings. The van der Waals surface area contributed by atoms with Crippen LogP contribution in [0.2, 0.25) is 0 Å². The summed E-state index contributed by atoms with van der Waals surface area (Å²) in [5.74, 6) is 0. The van der Waals surface area contributed by atoms with Crippen LogP contribution in [0.3, 0.4) is 0 Å². The van der Waals surface area contributed by atoms with Crippen LogP contribution in [0.4, 0.5) is 0 Å². The summed E-state index contributed by atoms with van der Waals surface area (Å²) in [6.07, 6.45) is 5.68. The van der Waals surface area contributed by atoms with Crippen molar-refractivity contribution >= 4 is 6.21 Å². The molecule has 0 aromatic heterocycles. The van der Waals surface area contributed by atoms with E-state index in [1.54, 1.807) is 12.3 Å². The van der Waals surface area contributed by atoms with Gasteiger partial charge in [0.15, 0.2) is 0 Å². The van der Waals surface area contributed by atoms with Crippen LogP contribution in [0.25, 0.3) is 0 Å². The van der Waals surface area contributed by atoms with Crippen molar-refractivity contribution in [3.05, 3.63) is 12.7 Å². The van der Waals surface area contributed by atoms with Crippen LogP contribution in [-0.2, 0) is 0 Å². The van der Waals surface area contributed by atoms with E-state index in [0.29, 0.717) is 0 Å². The Hall–Kier alpha value is -0.790. The second kappa shape index (κ2) is 7.21. The molecule has 0 aliphatic carbocycles. The number of allylic oxidation sites excluding steroid dienone is 1. The van der Waals surface area contributed by atoms with Gasteiger partial charge in [0.05, 0.1) is 0 Å². The van der Waals surface area contributed by atoms with Crippen molar-refractivity contribution in [3.63, 3.8) is 0 Å². The molecule has 2 heteroatoms. The molecule has 0 aromatic carbocycles. The molecule has 0 amide bonds. The van der Waals surface area contributed by atoms with Crippen LogP contribution in [0, 0.1) is 0 Å². The van der Waals surface area contributed by atoms with Gasteiger partial charge in [-0.1, -0.05) is 19.9 Å². The Kier molecular flexibility index (Phi) is 6.58. The van der Waals surface area contributed by atoms with Gasteiger partial charge in [0.25, 0.3) is 0 Å². The highest BCUT2D eigenvalue weighted by atomic mass is 15.3. The lowest BCUT2D eigenvalue weighted by atomic mass is 10.3. The third-order valence-corrected chi connectivity index (χ3v) is 0.913. The Morgan fingerprint density at radius 3 is 3.00 bits per heavy atom. The highest BCUT2D eigenvalue weighted by Gasteiger charge is 1.76. The summed E-state index contributed by atoms with van der Waals surface area (Å²) in [6, 6.07) is 0. The van der Waals surface area contributed by atoms with Gasteiger partial charge in [-0.25, -0.2) is 0 Å². The summed E-state index contributed by atoms with van der Waals surface area (Å²) in [4.78, 5) is 0. The van der Waals surface area contributed by atoms with Crippen LogP contribution in [0.15, 0.2) is 17.8 Å². The fraction of sp³-hybridized carbons (Fsp3) is 0.571. The number of rotatable bonds is 5. The van der Waals surface area contributed by atoms with Crippen LogP contribution in [-0.4, -0.2) is 12.8 Å². The minimum Gasteiger partial charge on any atom is -0.310 e. The van der Waals surface area contributed by atoms with E-state index in [1.807, 2.05) is 0 Å². The van der Waals surface area contributed by atoms with Crippen molar-refractivity contribution in [2.24, 2.45) is 5.10 Å². The van der Waals surface area contributed by atoms with Crippen LogP contribution in [0.1, 0.15) is 19.8 Å². The summed E-state index contributed by atoms with van der Waals surface area (Å²) >= 11 is 0. The standard InChI is InChI=1S/C7H14N2/c1-3-5-7-9-8-6-4-2/h4,6,9H,2-3,5,7H2,1H3. The zero-order chi connectivity index (χ0) is 6.95. The van der Waals surface area contributed by atoms with Gasteiger partial charge in [-0.2, -0.15) is 5.10 Å². The maximum absolute atomic E-state index is 3.83. The molecule has 0 heterocycles. The van der Waals surface area contributed by atoms with Gasteiger partial charge in [0.2, 0.25) is 0 Å². The molecule has 0 aromatic rings. The van der Waals surface area contributed by atoms with Crippen molar-refractivity contribution in [1.29, 1.82) is 0 Å². The van der Waals surface area contributed by atoms with Crippen LogP contribution < -0.4 is 5.43 Å². The van der Waals surface area contributed by atoms with E-state index in [9.17, 15) is 0 Å². The summed E-state index contributed by atoms with van der Waals surface area (Å²) in [5.41, 5.74) is 2.89. The highest BCUT2D eigenvalue weighted by Crippen LogP contribution is 1.80. The molecule has 0 unspecified atom stereocenters. The van der Waals surface area contributed by atoms with E-state index >= 15 is 0 Å². The summed E-state index contributed by atoms with van der Waals surface area (Å²) < 4.78 is 0. The highest BCUT2D eigenvalue weighted by molar-refractivity contribution is 5.69. The van der Waals surface area contributed by atoms with Crippen molar-refractivity contribution in [2.75, 3.05) is 6.54 Å². The Labute approximate surface area is 56.7 Å². The number of unbranched alkanes of at least 4 members (excludes halogenated alkanes) is 1. The third kappa shape index (κ3) is 7.21. The minimum absolute atomic E-state index is 0.959. The molecule has 0 aliphatic heterocycles. The maximum atomic E-state index is 3.83. The lowest BCUT2D eigenvalue weighted by Gasteiger charge is -1.94. The summed E-state index contributed by atoms with van der Waals surface area (Å²) in [6.45, 7) is 6.60. The van der Waals surface area contributed by atoms with Gasteiger partial charge in [-0.05, 0) is 12.5 Å². The maximum Gasteiger partial charge on any atom is 0.0462 e. The fourth-order valence-corrected chi connectivity index (χ4v) is 0.426. The zero-order valence-corrected chi connectivity index (χ0v) is 5.93. The molecule has 0 rings (SSSR count). The Balaban J connectivity index is 2.90. The van der Waals surface area contributed by atoms with Gasteiger partial charge in [-0.15, -0.1) is 0 Å². The minimum atomic E-state index is 0.959. The summed E-state index contributed by atoms with van der Waals surface area (Å²) in [7, 11) is 0. The van der Waals surface area contributed by atoms with Crippen molar-refractivity contribution in [3.8, 4) is 0 Å². The number of hydrogen-bond acceptors (Lipinski definition) is 2. The molecule has 0 saturated carbocycles. The Morgan fingerprint density at radius 2 is 2.44 bits per heavy atom. The first-order chi connectivity index (χ1) is 4.41. The van der Waals surface area contributed by atoms with Crippen LogP contribution in [0.5, 0.6) is 0 Å². The van der Waals surface area contributed by atoms with Crippen LogP contribution >= 0.6 is 0 Å². The molecule has 9 heavy (non-hydrogen) atoms. The molecule has 1 N–H and O–H groups in total. The van der Waals surface area contributed by atoms with E-state index in [2.05, 4.69) is 24.0 Å². The molecule has 0 spiro atoms. The third-order valence-electron chi connectivity index (χ3n) is 0.913. The smallest absolute Gasteiger partial charge is 0.0462 e. The lowest BCUT2D eigenvalue weighted by molar-refractivity contribution is 0.674. The van der Waals surface area contributed by atoms with Gasteiger partial charge in [0, 0.05) is 12.8 Å². The SMILES string of the molecule is C=CC=NNCCCC. The molecule has 0 atom stereocenters. The Morgan fingerprint density at radius 1 is 1.67 bits per heavy atom. The number of nitrogens with one attached hydrogen (secondary N) is 1. The second-order valence-electron chi connectivity index (χ2n) is 1.78. The predicted molar refractivity (Wildman–Crippen MR) is 41.6 cm³/mol. The molecule has 52 valence electrons. The van der Waals surface area contributed by atoms with Crippen molar-refractivity contribution < 1.29 is 0 Å². The quantitative estimate of drug-likeness (QED) is 0.337. The largest absolute Gasteiger partial charge is 0.310 e. The average molecular weight is 126 g/mol. The monoisotopic (exact) mass is 126 g/mol. The first-order valence-electron chi connectivity index (χ1n) is 3.28. The second-order valence-corrected chi connectivity index (χ2v) is 1.78. The average Bonchev–Trinajstić information content (AvgIpc) is 1.89. The summed E-state index contributed by atoms with van der Waals surface area (Å²) in [5, 5.41) is 3.83. The molecular formula is C7H14N2. The van der Waals surface area contributed by atoms with Gasteiger partial charge in [0.1, 0.15) is 0 Å². The number of hydrogen-bond donors (Lipinski definition) is 1. The first-order valence-corrected chi connectivity index (χ1v) is 3.28. The van der Waals surface area contributed by atoms with E-state index in [4.69, 9.17) is 0 Å². The van der Waals surface area contributed by atoms with Gasteiger partial charge < -0.3 is 5.43 Å². The predicted octanol–water partition coefficient (Wildman–Crippen LogP) is 1.55. The molecule has 0 saturated heterocycles. The fourth-order valence-electron chi connectivity index (χ4n) is 0.426. The molecule has 0 fully saturated rings. The van der Waals surface area contributed by atoms with E-state index < -0.39 is 0 Å². The van der Waals surface area contributed by atoms with E-state index in [1.165, 1.54) is 12.8 Å².